The Morgan fingerprint density at radius 2 is 0.721 bits per heavy atom. The first kappa shape index (κ1) is 40.7. The van der Waals surface area contributed by atoms with Crippen LogP contribution < -0.4 is 0 Å². The molecule has 1 rings (SSSR count). The average Bonchev–Trinajstić information content (AvgIpc) is 3.03. The molecule has 0 spiro atoms. The SMILES string of the molecule is CCCCCCCC/C=C\CCCCCCCCN1CCC(CCCCCCCCCCCCCCCCCCC)CC1. The lowest BCUT2D eigenvalue weighted by Gasteiger charge is -2.32. The molecule has 1 heteroatoms. The van der Waals surface area contributed by atoms with Crippen LogP contribution in [0.15, 0.2) is 12.2 Å². The van der Waals surface area contributed by atoms with Crippen molar-refractivity contribution >= 4 is 0 Å². The number of hydrogen-bond acceptors (Lipinski definition) is 1. The maximum absolute atomic E-state index is 2.78. The molecule has 0 amide bonds. The van der Waals surface area contributed by atoms with Crippen molar-refractivity contribution < 1.29 is 0 Å². The maximum Gasteiger partial charge on any atom is -0.00161 e. The molecule has 0 radical (unpaired) electrons. The highest BCUT2D eigenvalue weighted by atomic mass is 15.1. The minimum Gasteiger partial charge on any atom is -0.303 e. The van der Waals surface area contributed by atoms with Crippen molar-refractivity contribution in [3.63, 3.8) is 0 Å². The molecule has 1 aliphatic rings. The summed E-state index contributed by atoms with van der Waals surface area (Å²) >= 11 is 0. The lowest BCUT2D eigenvalue weighted by atomic mass is 9.91. The Balaban J connectivity index is 1.74. The molecule has 1 saturated heterocycles. The largest absolute Gasteiger partial charge is 0.303 e. The second-order valence-corrected chi connectivity index (χ2v) is 14.7. The molecule has 0 saturated carbocycles. The van der Waals surface area contributed by atoms with Crippen LogP contribution >= 0.6 is 0 Å². The van der Waals surface area contributed by atoms with Gasteiger partial charge in [0.15, 0.2) is 0 Å². The fourth-order valence-corrected chi connectivity index (χ4v) is 7.24. The number of rotatable bonds is 34. The van der Waals surface area contributed by atoms with Crippen LogP contribution in [0.25, 0.3) is 0 Å². The molecule has 1 nitrogen and oxygen atoms in total. The van der Waals surface area contributed by atoms with Gasteiger partial charge in [0.1, 0.15) is 0 Å². The van der Waals surface area contributed by atoms with Crippen LogP contribution in [0.3, 0.4) is 0 Å². The first-order chi connectivity index (χ1) is 21.4. The zero-order valence-electron chi connectivity index (χ0n) is 30.3. The molecule has 0 bridgehead atoms. The van der Waals surface area contributed by atoms with Crippen molar-refractivity contribution in [2.45, 2.75) is 232 Å². The third kappa shape index (κ3) is 30.1. The Bertz CT molecular complexity index is 531. The Morgan fingerprint density at radius 3 is 1.12 bits per heavy atom. The van der Waals surface area contributed by atoms with Gasteiger partial charge in [-0.2, -0.15) is 0 Å². The third-order valence-corrected chi connectivity index (χ3v) is 10.4. The molecular formula is C42H83N. The molecule has 43 heavy (non-hydrogen) atoms. The number of likely N-dealkylation sites (tertiary alicyclic amines) is 1. The van der Waals surface area contributed by atoms with E-state index in [0.717, 1.165) is 5.92 Å². The summed E-state index contributed by atoms with van der Waals surface area (Å²) in [5.74, 6) is 1.03. The Kier molecular flexibility index (Phi) is 32.7. The maximum atomic E-state index is 2.78. The van der Waals surface area contributed by atoms with Crippen LogP contribution in [-0.4, -0.2) is 24.5 Å². The zero-order valence-corrected chi connectivity index (χ0v) is 30.3. The van der Waals surface area contributed by atoms with Crippen molar-refractivity contribution in [1.82, 2.24) is 4.90 Å². The summed E-state index contributed by atoms with van der Waals surface area (Å²) < 4.78 is 0. The predicted octanol–water partition coefficient (Wildman–Crippen LogP) is 14.8. The van der Waals surface area contributed by atoms with Gasteiger partial charge in [0.05, 0.1) is 0 Å². The van der Waals surface area contributed by atoms with Gasteiger partial charge in [-0.05, 0) is 70.5 Å². The number of unbranched alkanes of at least 4 members (excludes halogenated alkanes) is 28. The highest BCUT2D eigenvalue weighted by Gasteiger charge is 2.18. The highest BCUT2D eigenvalue weighted by molar-refractivity contribution is 4.81. The summed E-state index contributed by atoms with van der Waals surface area (Å²) in [6.07, 6.45) is 54.3. The van der Waals surface area contributed by atoms with Crippen LogP contribution in [0, 0.1) is 5.92 Å². The number of piperidine rings is 1. The summed E-state index contributed by atoms with van der Waals surface area (Å²) in [5.41, 5.74) is 0. The molecule has 1 heterocycles. The van der Waals surface area contributed by atoms with Crippen LogP contribution in [0.5, 0.6) is 0 Å². The van der Waals surface area contributed by atoms with Gasteiger partial charge in [0.25, 0.3) is 0 Å². The van der Waals surface area contributed by atoms with Crippen molar-refractivity contribution in [2.75, 3.05) is 19.6 Å². The normalized spacial score (nSPS) is 14.8. The standard InChI is InChI=1S/C42H83N/c1-3-5-7-9-11-13-15-17-19-21-22-24-26-28-30-32-34-36-42-37-40-43(41-38-42)39-35-33-31-29-27-25-23-20-18-16-14-12-10-8-6-4-2/h18,20,42H,3-17,19,21-41H2,1-2H3/b20-18-. The molecule has 1 fully saturated rings. The highest BCUT2D eigenvalue weighted by Crippen LogP contribution is 2.24. The lowest BCUT2D eigenvalue weighted by Crippen LogP contribution is -2.34. The average molecular weight is 602 g/mol. The molecule has 0 aliphatic carbocycles. The van der Waals surface area contributed by atoms with E-state index in [1.54, 1.807) is 0 Å². The second-order valence-electron chi connectivity index (χ2n) is 14.7. The molecule has 0 aromatic heterocycles. The van der Waals surface area contributed by atoms with E-state index in [0.29, 0.717) is 0 Å². The van der Waals surface area contributed by atoms with Gasteiger partial charge < -0.3 is 4.90 Å². The van der Waals surface area contributed by atoms with Crippen molar-refractivity contribution in [1.29, 1.82) is 0 Å². The van der Waals surface area contributed by atoms with E-state index >= 15 is 0 Å². The van der Waals surface area contributed by atoms with Crippen LogP contribution in [0.2, 0.25) is 0 Å². The van der Waals surface area contributed by atoms with Gasteiger partial charge in [-0.15, -0.1) is 0 Å². The summed E-state index contributed by atoms with van der Waals surface area (Å²) in [6.45, 7) is 8.75. The number of hydrogen-bond donors (Lipinski definition) is 0. The monoisotopic (exact) mass is 602 g/mol. The van der Waals surface area contributed by atoms with E-state index in [4.69, 9.17) is 0 Å². The summed E-state index contributed by atoms with van der Waals surface area (Å²) in [6, 6.07) is 0. The molecule has 0 N–H and O–H groups in total. The van der Waals surface area contributed by atoms with Crippen molar-refractivity contribution in [3.05, 3.63) is 12.2 Å². The van der Waals surface area contributed by atoms with Gasteiger partial charge >= 0.3 is 0 Å². The van der Waals surface area contributed by atoms with Crippen molar-refractivity contribution in [3.8, 4) is 0 Å². The molecule has 0 atom stereocenters. The molecule has 0 aromatic rings. The van der Waals surface area contributed by atoms with Crippen LogP contribution in [0.4, 0.5) is 0 Å². The van der Waals surface area contributed by atoms with E-state index in [1.807, 2.05) is 0 Å². The quantitative estimate of drug-likeness (QED) is 0.0524. The molecule has 256 valence electrons. The number of allylic oxidation sites excluding steroid dienone is 2. The molecule has 1 aliphatic heterocycles. The Morgan fingerprint density at radius 1 is 0.395 bits per heavy atom. The van der Waals surface area contributed by atoms with Gasteiger partial charge in [-0.1, -0.05) is 199 Å². The van der Waals surface area contributed by atoms with E-state index in [-0.39, 0.29) is 0 Å². The first-order valence-electron chi connectivity index (χ1n) is 20.7. The molecule has 0 unspecified atom stereocenters. The lowest BCUT2D eigenvalue weighted by molar-refractivity contribution is 0.174. The van der Waals surface area contributed by atoms with Gasteiger partial charge in [-0.3, -0.25) is 0 Å². The van der Waals surface area contributed by atoms with Crippen LogP contribution in [0.1, 0.15) is 232 Å². The minimum atomic E-state index is 1.03. The predicted molar refractivity (Wildman–Crippen MR) is 197 cm³/mol. The summed E-state index contributed by atoms with van der Waals surface area (Å²) in [7, 11) is 0. The topological polar surface area (TPSA) is 3.24 Å². The van der Waals surface area contributed by atoms with E-state index < -0.39 is 0 Å². The molecular weight excluding hydrogens is 518 g/mol. The summed E-state index contributed by atoms with van der Waals surface area (Å²) in [4.78, 5) is 2.78. The minimum absolute atomic E-state index is 1.03. The first-order valence-corrected chi connectivity index (χ1v) is 20.7. The van der Waals surface area contributed by atoms with E-state index in [2.05, 4.69) is 30.9 Å². The van der Waals surface area contributed by atoms with Gasteiger partial charge in [0.2, 0.25) is 0 Å². The smallest absolute Gasteiger partial charge is 0.00161 e. The zero-order chi connectivity index (χ0) is 30.7. The fraction of sp³-hybridized carbons (Fsp3) is 0.952. The third-order valence-electron chi connectivity index (χ3n) is 10.4. The van der Waals surface area contributed by atoms with Gasteiger partial charge in [-0.25, -0.2) is 0 Å². The second kappa shape index (κ2) is 34.6. The van der Waals surface area contributed by atoms with Gasteiger partial charge in [0, 0.05) is 0 Å². The summed E-state index contributed by atoms with van der Waals surface area (Å²) in [5, 5.41) is 0. The molecule has 0 aromatic carbocycles. The van der Waals surface area contributed by atoms with Crippen molar-refractivity contribution in [2.24, 2.45) is 5.92 Å². The Hall–Kier alpha value is -0.300. The number of nitrogens with zero attached hydrogens (tertiary/aromatic N) is 1. The Labute approximate surface area is 274 Å². The van der Waals surface area contributed by atoms with E-state index in [1.165, 1.54) is 238 Å². The van der Waals surface area contributed by atoms with E-state index in [9.17, 15) is 0 Å². The fourth-order valence-electron chi connectivity index (χ4n) is 7.24. The van der Waals surface area contributed by atoms with Crippen LogP contribution in [-0.2, 0) is 0 Å².